The van der Waals surface area contributed by atoms with Crippen LogP contribution < -0.4 is 0 Å². The number of thioether (sulfide) groups is 1. The van der Waals surface area contributed by atoms with Crippen LogP contribution in [0.3, 0.4) is 0 Å². The topological polar surface area (TPSA) is 12.5 Å². The highest BCUT2D eigenvalue weighted by atomic mass is 32.2. The van der Waals surface area contributed by atoms with Crippen LogP contribution in [0.2, 0.25) is 0 Å². The molecule has 0 bridgehead atoms. The molecule has 1 aromatic carbocycles. The Bertz CT molecular complexity index is 377. The highest BCUT2D eigenvalue weighted by molar-refractivity contribution is 7.99. The van der Waals surface area contributed by atoms with Gasteiger partial charge in [0.1, 0.15) is 17.2 Å². The van der Waals surface area contributed by atoms with E-state index >= 15 is 0 Å². The van der Waals surface area contributed by atoms with Crippen molar-refractivity contribution in [2.75, 3.05) is 12.9 Å². The molecule has 4 heteroatoms. The molecule has 0 amide bonds. The van der Waals surface area contributed by atoms with Crippen LogP contribution >= 0.6 is 11.8 Å². The van der Waals surface area contributed by atoms with Gasteiger partial charge in [-0.05, 0) is 12.3 Å². The molecule has 1 saturated heterocycles. The molecule has 1 aliphatic heterocycles. The van der Waals surface area contributed by atoms with Gasteiger partial charge in [0.2, 0.25) is 0 Å². The number of benzene rings is 1. The number of epoxide rings is 1. The highest BCUT2D eigenvalue weighted by Gasteiger charge is 2.52. The molecule has 0 unspecified atom stereocenters. The van der Waals surface area contributed by atoms with Gasteiger partial charge in [-0.3, -0.25) is 0 Å². The van der Waals surface area contributed by atoms with Crippen molar-refractivity contribution in [3.05, 3.63) is 35.4 Å². The minimum atomic E-state index is -0.552. The third-order valence-electron chi connectivity index (χ3n) is 2.85. The van der Waals surface area contributed by atoms with Crippen molar-refractivity contribution >= 4 is 11.8 Å². The lowest BCUT2D eigenvalue weighted by Crippen LogP contribution is -2.23. The van der Waals surface area contributed by atoms with Crippen LogP contribution in [0.25, 0.3) is 0 Å². The highest BCUT2D eigenvalue weighted by Crippen LogP contribution is 2.47. The van der Waals surface area contributed by atoms with Crippen molar-refractivity contribution in [3.63, 3.8) is 0 Å². The lowest BCUT2D eigenvalue weighted by Gasteiger charge is -2.19. The van der Waals surface area contributed by atoms with Crippen LogP contribution in [0.5, 0.6) is 0 Å². The van der Waals surface area contributed by atoms with Crippen molar-refractivity contribution < 1.29 is 13.5 Å². The summed E-state index contributed by atoms with van der Waals surface area (Å²) >= 11 is 1.62. The lowest BCUT2D eigenvalue weighted by atomic mass is 9.96. The first-order valence-corrected chi connectivity index (χ1v) is 6.01. The first-order chi connectivity index (χ1) is 7.10. The number of rotatable bonds is 3. The minimum Gasteiger partial charge on any atom is -0.363 e. The van der Waals surface area contributed by atoms with E-state index in [1.54, 1.807) is 11.8 Å². The number of halogens is 2. The molecule has 0 aliphatic carbocycles. The van der Waals surface area contributed by atoms with Gasteiger partial charge in [-0.15, -0.1) is 0 Å². The lowest BCUT2D eigenvalue weighted by molar-refractivity contribution is 0.299. The molecule has 1 aliphatic rings. The summed E-state index contributed by atoms with van der Waals surface area (Å²) in [6, 6.07) is 3.66. The van der Waals surface area contributed by atoms with Crippen molar-refractivity contribution in [2.45, 2.75) is 17.8 Å². The summed E-state index contributed by atoms with van der Waals surface area (Å²) in [7, 11) is 0. The van der Waals surface area contributed by atoms with Gasteiger partial charge in [-0.25, -0.2) is 8.78 Å². The molecule has 0 aromatic heterocycles. The Kier molecular flexibility index (Phi) is 2.73. The molecule has 2 rings (SSSR count). The zero-order chi connectivity index (χ0) is 11.1. The Hall–Kier alpha value is -0.610. The van der Waals surface area contributed by atoms with Gasteiger partial charge in [0, 0.05) is 16.9 Å². The summed E-state index contributed by atoms with van der Waals surface area (Å²) in [5.74, 6) is -1.07. The number of hydrogen-bond donors (Lipinski definition) is 0. The molecule has 15 heavy (non-hydrogen) atoms. The summed E-state index contributed by atoms with van der Waals surface area (Å²) in [4.78, 5) is 0. The van der Waals surface area contributed by atoms with Gasteiger partial charge < -0.3 is 4.74 Å². The Morgan fingerprint density at radius 1 is 1.47 bits per heavy atom. The van der Waals surface area contributed by atoms with Gasteiger partial charge in [0.25, 0.3) is 0 Å². The molecule has 1 nitrogen and oxygen atoms in total. The molecule has 1 aromatic rings. The third kappa shape index (κ3) is 1.76. The number of ether oxygens (including phenoxy) is 1. The molecule has 1 heterocycles. The smallest absolute Gasteiger partial charge is 0.132 e. The second-order valence-electron chi connectivity index (χ2n) is 3.68. The van der Waals surface area contributed by atoms with E-state index in [9.17, 15) is 8.78 Å². The first-order valence-electron chi connectivity index (χ1n) is 4.72. The standard InChI is InChI=1S/C11H12F2OS/c1-7(15-2)11(6-14-11)9-4-3-8(12)5-10(9)13/h3-5,7H,6H2,1-2H3/t7-,11+/m1/s1. The molecule has 82 valence electrons. The first kappa shape index (κ1) is 10.9. The van der Waals surface area contributed by atoms with E-state index in [0.717, 1.165) is 6.07 Å². The SMILES string of the molecule is CS[C@H](C)[C@]1(c2ccc(F)cc2F)CO1. The van der Waals surface area contributed by atoms with Gasteiger partial charge in [0.15, 0.2) is 0 Å². The fourth-order valence-corrected chi connectivity index (χ4v) is 2.35. The van der Waals surface area contributed by atoms with Crippen LogP contribution in [-0.4, -0.2) is 18.1 Å². The molecule has 1 fully saturated rings. The minimum absolute atomic E-state index is 0.164. The van der Waals surface area contributed by atoms with E-state index < -0.39 is 17.2 Å². The van der Waals surface area contributed by atoms with Crippen molar-refractivity contribution in [1.29, 1.82) is 0 Å². The van der Waals surface area contributed by atoms with Crippen LogP contribution in [-0.2, 0) is 10.3 Å². The monoisotopic (exact) mass is 230 g/mol. The maximum Gasteiger partial charge on any atom is 0.132 e. The molecular formula is C11H12F2OS. The second kappa shape index (κ2) is 3.76. The Balaban J connectivity index is 2.37. The molecule has 0 radical (unpaired) electrons. The summed E-state index contributed by atoms with van der Waals surface area (Å²) in [5, 5.41) is 0.164. The quantitative estimate of drug-likeness (QED) is 0.740. The normalized spacial score (nSPS) is 26.4. The predicted octanol–water partition coefficient (Wildman–Crippen LogP) is 2.94. The van der Waals surface area contributed by atoms with Crippen LogP contribution in [0, 0.1) is 11.6 Å². The maximum absolute atomic E-state index is 13.6. The van der Waals surface area contributed by atoms with Crippen LogP contribution in [0.1, 0.15) is 12.5 Å². The van der Waals surface area contributed by atoms with Crippen LogP contribution in [0.4, 0.5) is 8.78 Å². The van der Waals surface area contributed by atoms with Crippen molar-refractivity contribution in [2.24, 2.45) is 0 Å². The zero-order valence-electron chi connectivity index (χ0n) is 8.59. The van der Waals surface area contributed by atoms with Gasteiger partial charge >= 0.3 is 0 Å². The fraction of sp³-hybridized carbons (Fsp3) is 0.455. The molecule has 0 saturated carbocycles. The van der Waals surface area contributed by atoms with E-state index in [-0.39, 0.29) is 5.25 Å². The summed E-state index contributed by atoms with van der Waals surface area (Å²) in [6.45, 7) is 2.50. The van der Waals surface area contributed by atoms with E-state index in [1.807, 2.05) is 13.2 Å². The van der Waals surface area contributed by atoms with E-state index in [0.29, 0.717) is 12.2 Å². The zero-order valence-corrected chi connectivity index (χ0v) is 9.41. The Morgan fingerprint density at radius 2 is 2.13 bits per heavy atom. The molecule has 0 spiro atoms. The summed E-state index contributed by atoms with van der Waals surface area (Å²) in [5.41, 5.74) is -0.0808. The largest absolute Gasteiger partial charge is 0.363 e. The van der Waals surface area contributed by atoms with E-state index in [2.05, 4.69) is 0 Å². The van der Waals surface area contributed by atoms with Crippen molar-refractivity contribution in [1.82, 2.24) is 0 Å². The Labute approximate surface area is 91.8 Å². The molecule has 2 atom stereocenters. The molecular weight excluding hydrogens is 218 g/mol. The van der Waals surface area contributed by atoms with Gasteiger partial charge in [-0.2, -0.15) is 11.8 Å². The average molecular weight is 230 g/mol. The van der Waals surface area contributed by atoms with E-state index in [1.165, 1.54) is 12.1 Å². The second-order valence-corrected chi connectivity index (χ2v) is 4.86. The van der Waals surface area contributed by atoms with Gasteiger partial charge in [0.05, 0.1) is 6.61 Å². The third-order valence-corrected chi connectivity index (χ3v) is 3.94. The predicted molar refractivity (Wildman–Crippen MR) is 57.0 cm³/mol. The average Bonchev–Trinajstić information content (AvgIpc) is 2.97. The summed E-state index contributed by atoms with van der Waals surface area (Å²) in [6.07, 6.45) is 1.95. The van der Waals surface area contributed by atoms with E-state index in [4.69, 9.17) is 4.74 Å². The Morgan fingerprint density at radius 3 is 2.60 bits per heavy atom. The number of hydrogen-bond acceptors (Lipinski definition) is 2. The van der Waals surface area contributed by atoms with Crippen LogP contribution in [0.15, 0.2) is 18.2 Å². The van der Waals surface area contributed by atoms with Crippen molar-refractivity contribution in [3.8, 4) is 0 Å². The maximum atomic E-state index is 13.6. The van der Waals surface area contributed by atoms with Gasteiger partial charge in [-0.1, -0.05) is 13.0 Å². The summed E-state index contributed by atoms with van der Waals surface area (Å²) < 4.78 is 31.7. The fourth-order valence-electron chi connectivity index (χ4n) is 1.71. The molecule has 0 N–H and O–H groups in total.